The highest BCUT2D eigenvalue weighted by atomic mass is 16.3. The standard InChI is InChI=1S/C11H17NO2/c1-2-8-3-4-10(14-8)9-5-11(9,6-12)7-13/h3-4,9,13H,2,5-7,12H2,1H3. The number of hydrogen-bond acceptors (Lipinski definition) is 3. The summed E-state index contributed by atoms with van der Waals surface area (Å²) in [5.41, 5.74) is 5.55. The third-order valence-corrected chi connectivity index (χ3v) is 3.29. The van der Waals surface area contributed by atoms with Crippen molar-refractivity contribution in [2.45, 2.75) is 25.7 Å². The second kappa shape index (κ2) is 3.41. The van der Waals surface area contributed by atoms with Gasteiger partial charge in [0.25, 0.3) is 0 Å². The first-order chi connectivity index (χ1) is 6.75. The maximum Gasteiger partial charge on any atom is 0.107 e. The highest BCUT2D eigenvalue weighted by Crippen LogP contribution is 2.58. The van der Waals surface area contributed by atoms with E-state index >= 15 is 0 Å². The van der Waals surface area contributed by atoms with Crippen LogP contribution < -0.4 is 5.73 Å². The van der Waals surface area contributed by atoms with Gasteiger partial charge in [0.05, 0.1) is 6.61 Å². The highest BCUT2D eigenvalue weighted by Gasteiger charge is 2.55. The number of aliphatic hydroxyl groups excluding tert-OH is 1. The van der Waals surface area contributed by atoms with Crippen molar-refractivity contribution >= 4 is 0 Å². The van der Waals surface area contributed by atoms with E-state index in [1.165, 1.54) is 0 Å². The topological polar surface area (TPSA) is 59.4 Å². The number of aliphatic hydroxyl groups is 1. The molecule has 1 fully saturated rings. The fourth-order valence-electron chi connectivity index (χ4n) is 1.99. The number of rotatable bonds is 4. The summed E-state index contributed by atoms with van der Waals surface area (Å²) in [6.07, 6.45) is 1.87. The minimum Gasteiger partial charge on any atom is -0.466 e. The van der Waals surface area contributed by atoms with E-state index in [4.69, 9.17) is 10.2 Å². The predicted molar refractivity (Wildman–Crippen MR) is 54.0 cm³/mol. The summed E-state index contributed by atoms with van der Waals surface area (Å²) in [5, 5.41) is 9.23. The van der Waals surface area contributed by atoms with Crippen molar-refractivity contribution in [1.82, 2.24) is 0 Å². The van der Waals surface area contributed by atoms with Gasteiger partial charge in [0.2, 0.25) is 0 Å². The lowest BCUT2D eigenvalue weighted by Crippen LogP contribution is -2.21. The molecule has 1 aromatic heterocycles. The molecule has 14 heavy (non-hydrogen) atoms. The molecule has 1 heterocycles. The van der Waals surface area contributed by atoms with Gasteiger partial charge in [-0.2, -0.15) is 0 Å². The lowest BCUT2D eigenvalue weighted by molar-refractivity contribution is 0.208. The Kier molecular flexibility index (Phi) is 2.37. The normalized spacial score (nSPS) is 30.6. The molecule has 0 radical (unpaired) electrons. The zero-order valence-electron chi connectivity index (χ0n) is 8.49. The fraction of sp³-hybridized carbons (Fsp3) is 0.636. The van der Waals surface area contributed by atoms with Crippen LogP contribution in [0.3, 0.4) is 0 Å². The monoisotopic (exact) mass is 195 g/mol. The fourth-order valence-corrected chi connectivity index (χ4v) is 1.99. The molecule has 0 aromatic carbocycles. The maximum atomic E-state index is 9.23. The summed E-state index contributed by atoms with van der Waals surface area (Å²) < 4.78 is 5.65. The lowest BCUT2D eigenvalue weighted by Gasteiger charge is -2.08. The Bertz CT molecular complexity index is 315. The minimum atomic E-state index is -0.0944. The summed E-state index contributed by atoms with van der Waals surface area (Å²) in [4.78, 5) is 0. The van der Waals surface area contributed by atoms with Gasteiger partial charge in [-0.3, -0.25) is 0 Å². The van der Waals surface area contributed by atoms with Crippen LogP contribution in [0.15, 0.2) is 16.5 Å². The molecule has 3 nitrogen and oxygen atoms in total. The Balaban J connectivity index is 2.11. The molecule has 0 amide bonds. The number of hydrogen-bond donors (Lipinski definition) is 2. The number of nitrogens with two attached hydrogens (primary N) is 1. The van der Waals surface area contributed by atoms with Crippen LogP contribution in [0.2, 0.25) is 0 Å². The van der Waals surface area contributed by atoms with Gasteiger partial charge in [-0.05, 0) is 18.6 Å². The first kappa shape index (κ1) is 9.74. The van der Waals surface area contributed by atoms with Gasteiger partial charge in [-0.1, -0.05) is 6.92 Å². The van der Waals surface area contributed by atoms with Crippen LogP contribution in [0.4, 0.5) is 0 Å². The van der Waals surface area contributed by atoms with Crippen LogP contribution in [-0.2, 0) is 6.42 Å². The minimum absolute atomic E-state index is 0.0944. The van der Waals surface area contributed by atoms with Gasteiger partial charge in [-0.15, -0.1) is 0 Å². The first-order valence-corrected chi connectivity index (χ1v) is 5.15. The smallest absolute Gasteiger partial charge is 0.107 e. The molecule has 0 bridgehead atoms. The molecule has 78 valence electrons. The van der Waals surface area contributed by atoms with Crippen molar-refractivity contribution in [3.63, 3.8) is 0 Å². The van der Waals surface area contributed by atoms with E-state index in [1.807, 2.05) is 12.1 Å². The molecule has 0 spiro atoms. The molecular formula is C11H17NO2. The van der Waals surface area contributed by atoms with Crippen LogP contribution in [0.1, 0.15) is 30.8 Å². The molecule has 1 aromatic rings. The summed E-state index contributed by atoms with van der Waals surface area (Å²) >= 11 is 0. The van der Waals surface area contributed by atoms with Crippen molar-refractivity contribution in [2.75, 3.05) is 13.2 Å². The average molecular weight is 195 g/mol. The Hall–Kier alpha value is -0.800. The molecule has 1 aliphatic rings. The molecule has 3 heteroatoms. The van der Waals surface area contributed by atoms with Gasteiger partial charge in [0.1, 0.15) is 11.5 Å². The zero-order chi connectivity index (χ0) is 10.2. The highest BCUT2D eigenvalue weighted by molar-refractivity contribution is 5.24. The molecule has 2 unspecified atom stereocenters. The number of aryl methyl sites for hydroxylation is 1. The zero-order valence-corrected chi connectivity index (χ0v) is 8.49. The third kappa shape index (κ3) is 1.37. The molecule has 1 aliphatic carbocycles. The Labute approximate surface area is 83.9 Å². The SMILES string of the molecule is CCc1ccc(C2CC2(CN)CO)o1. The van der Waals surface area contributed by atoms with E-state index in [-0.39, 0.29) is 12.0 Å². The van der Waals surface area contributed by atoms with E-state index in [2.05, 4.69) is 6.92 Å². The second-order valence-corrected chi connectivity index (χ2v) is 4.14. The average Bonchev–Trinajstić information content (AvgIpc) is 2.78. The molecule has 2 rings (SSSR count). The lowest BCUT2D eigenvalue weighted by atomic mass is 10.0. The van der Waals surface area contributed by atoms with Crippen LogP contribution >= 0.6 is 0 Å². The van der Waals surface area contributed by atoms with E-state index in [0.717, 1.165) is 24.4 Å². The predicted octanol–water partition coefficient (Wildman–Crippen LogP) is 1.27. The maximum absolute atomic E-state index is 9.23. The largest absolute Gasteiger partial charge is 0.466 e. The van der Waals surface area contributed by atoms with Crippen molar-refractivity contribution in [2.24, 2.45) is 11.1 Å². The van der Waals surface area contributed by atoms with E-state index < -0.39 is 0 Å². The second-order valence-electron chi connectivity index (χ2n) is 4.14. The molecule has 2 atom stereocenters. The van der Waals surface area contributed by atoms with Crippen LogP contribution in [0, 0.1) is 5.41 Å². The van der Waals surface area contributed by atoms with Crippen LogP contribution in [0.25, 0.3) is 0 Å². The van der Waals surface area contributed by atoms with Crippen LogP contribution in [-0.4, -0.2) is 18.3 Å². The Morgan fingerprint density at radius 3 is 2.86 bits per heavy atom. The van der Waals surface area contributed by atoms with Crippen molar-refractivity contribution in [1.29, 1.82) is 0 Å². The summed E-state index contributed by atoms with van der Waals surface area (Å²) in [7, 11) is 0. The molecule has 3 N–H and O–H groups in total. The van der Waals surface area contributed by atoms with E-state index in [0.29, 0.717) is 12.5 Å². The Morgan fingerprint density at radius 1 is 1.64 bits per heavy atom. The van der Waals surface area contributed by atoms with Crippen molar-refractivity contribution in [3.05, 3.63) is 23.7 Å². The molecule has 0 saturated heterocycles. The van der Waals surface area contributed by atoms with E-state index in [9.17, 15) is 5.11 Å². The van der Waals surface area contributed by atoms with E-state index in [1.54, 1.807) is 0 Å². The van der Waals surface area contributed by atoms with Gasteiger partial charge in [0, 0.05) is 24.3 Å². The first-order valence-electron chi connectivity index (χ1n) is 5.15. The van der Waals surface area contributed by atoms with Crippen molar-refractivity contribution in [3.8, 4) is 0 Å². The van der Waals surface area contributed by atoms with Crippen LogP contribution in [0.5, 0.6) is 0 Å². The molecule has 1 saturated carbocycles. The molecular weight excluding hydrogens is 178 g/mol. The number of furan rings is 1. The van der Waals surface area contributed by atoms with Gasteiger partial charge in [0.15, 0.2) is 0 Å². The molecule has 0 aliphatic heterocycles. The van der Waals surface area contributed by atoms with Gasteiger partial charge >= 0.3 is 0 Å². The summed E-state index contributed by atoms with van der Waals surface area (Å²) in [6, 6.07) is 4.02. The Morgan fingerprint density at radius 2 is 2.43 bits per heavy atom. The summed E-state index contributed by atoms with van der Waals surface area (Å²) in [6.45, 7) is 2.77. The van der Waals surface area contributed by atoms with Crippen molar-refractivity contribution < 1.29 is 9.52 Å². The van der Waals surface area contributed by atoms with Gasteiger partial charge < -0.3 is 15.3 Å². The quantitative estimate of drug-likeness (QED) is 0.760. The summed E-state index contributed by atoms with van der Waals surface area (Å²) in [5.74, 6) is 2.33. The van der Waals surface area contributed by atoms with Gasteiger partial charge in [-0.25, -0.2) is 0 Å². The third-order valence-electron chi connectivity index (χ3n) is 3.29.